The molecule has 1 aliphatic carbocycles. The number of halogens is 1. The highest BCUT2D eigenvalue weighted by atomic mass is 35.5. The molecule has 0 spiro atoms. The van der Waals surface area contributed by atoms with E-state index in [2.05, 4.69) is 9.97 Å². The summed E-state index contributed by atoms with van der Waals surface area (Å²) >= 11 is 6.18. The summed E-state index contributed by atoms with van der Waals surface area (Å²) in [6.45, 7) is 0. The Bertz CT molecular complexity index is 1010. The van der Waals surface area contributed by atoms with Crippen LogP contribution in [0.2, 0.25) is 5.02 Å². The molecule has 1 aliphatic rings. The quantitative estimate of drug-likeness (QED) is 0.704. The minimum Gasteiger partial charge on any atom is -0.421 e. The van der Waals surface area contributed by atoms with Crippen molar-refractivity contribution in [1.82, 2.24) is 9.97 Å². The molecule has 6 heteroatoms. The molecule has 4 rings (SSSR count). The Balaban J connectivity index is 1.90. The van der Waals surface area contributed by atoms with E-state index in [1.165, 1.54) is 0 Å². The number of nitrogens with zero attached hydrogens (tertiary/aromatic N) is 3. The topological polar surface area (TPSA) is 59.2 Å². The number of fused-ring (bicyclic) bond motifs is 3. The van der Waals surface area contributed by atoms with E-state index < -0.39 is 5.63 Å². The molecule has 0 unspecified atom stereocenters. The number of rotatable bonds is 2. The first kappa shape index (κ1) is 15.8. The Hall–Kier alpha value is -2.66. The van der Waals surface area contributed by atoms with Gasteiger partial charge in [0.25, 0.3) is 0 Å². The van der Waals surface area contributed by atoms with Crippen molar-refractivity contribution in [1.29, 1.82) is 0 Å². The maximum atomic E-state index is 12.1. The van der Waals surface area contributed by atoms with Crippen LogP contribution in [0, 0.1) is 0 Å². The van der Waals surface area contributed by atoms with Gasteiger partial charge >= 0.3 is 5.63 Å². The lowest BCUT2D eigenvalue weighted by molar-refractivity contribution is 0.514. The third-order valence-electron chi connectivity index (χ3n) is 4.35. The fourth-order valence-electron chi connectivity index (χ4n) is 3.22. The summed E-state index contributed by atoms with van der Waals surface area (Å²) in [5.41, 5.74) is 3.71. The Morgan fingerprint density at radius 1 is 1.16 bits per heavy atom. The van der Waals surface area contributed by atoms with Crippen molar-refractivity contribution in [3.63, 3.8) is 0 Å². The monoisotopic (exact) mass is 353 g/mol. The van der Waals surface area contributed by atoms with Crippen LogP contribution in [-0.4, -0.2) is 24.1 Å². The molecule has 1 aromatic carbocycles. The van der Waals surface area contributed by atoms with Crippen LogP contribution in [0.3, 0.4) is 0 Å². The average molecular weight is 354 g/mol. The van der Waals surface area contributed by atoms with Gasteiger partial charge in [0.1, 0.15) is 10.8 Å². The number of benzene rings is 1. The SMILES string of the molecule is CN(C)c1c2c(oc(=O)c1Cl)-c1cnc(-c3ccccc3)nc1CC2. The van der Waals surface area contributed by atoms with Crippen LogP contribution in [0.4, 0.5) is 5.69 Å². The van der Waals surface area contributed by atoms with E-state index in [9.17, 15) is 4.79 Å². The van der Waals surface area contributed by atoms with Gasteiger partial charge in [-0.15, -0.1) is 0 Å². The molecular weight excluding hydrogens is 338 g/mol. The first-order valence-electron chi connectivity index (χ1n) is 8.00. The van der Waals surface area contributed by atoms with E-state index in [1.54, 1.807) is 6.20 Å². The van der Waals surface area contributed by atoms with Crippen molar-refractivity contribution in [2.45, 2.75) is 12.8 Å². The Morgan fingerprint density at radius 2 is 1.92 bits per heavy atom. The molecule has 0 saturated heterocycles. The van der Waals surface area contributed by atoms with E-state index in [-0.39, 0.29) is 5.02 Å². The maximum absolute atomic E-state index is 12.1. The molecule has 3 aromatic rings. The van der Waals surface area contributed by atoms with Crippen LogP contribution in [0.25, 0.3) is 22.7 Å². The molecular formula is C19H16ClN3O2. The van der Waals surface area contributed by atoms with Crippen molar-refractivity contribution in [2.75, 3.05) is 19.0 Å². The zero-order valence-electron chi connectivity index (χ0n) is 13.9. The molecule has 5 nitrogen and oxygen atoms in total. The van der Waals surface area contributed by atoms with Gasteiger partial charge in [0.2, 0.25) is 0 Å². The lowest BCUT2D eigenvalue weighted by Gasteiger charge is -2.24. The first-order valence-corrected chi connectivity index (χ1v) is 8.38. The molecule has 0 fully saturated rings. The fraction of sp³-hybridized carbons (Fsp3) is 0.211. The maximum Gasteiger partial charge on any atom is 0.357 e. The van der Waals surface area contributed by atoms with Crippen molar-refractivity contribution in [3.8, 4) is 22.7 Å². The van der Waals surface area contributed by atoms with E-state index in [4.69, 9.17) is 16.0 Å². The molecule has 126 valence electrons. The highest BCUT2D eigenvalue weighted by Gasteiger charge is 2.27. The second-order valence-corrected chi connectivity index (χ2v) is 6.55. The molecule has 0 saturated carbocycles. The van der Waals surface area contributed by atoms with E-state index in [1.807, 2.05) is 49.3 Å². The lowest BCUT2D eigenvalue weighted by Crippen LogP contribution is -2.20. The van der Waals surface area contributed by atoms with Crippen LogP contribution >= 0.6 is 11.6 Å². The third kappa shape index (κ3) is 2.61. The van der Waals surface area contributed by atoms with E-state index in [0.717, 1.165) is 28.8 Å². The highest BCUT2D eigenvalue weighted by Crippen LogP contribution is 2.39. The van der Waals surface area contributed by atoms with Crippen LogP contribution in [0.1, 0.15) is 11.3 Å². The van der Waals surface area contributed by atoms with Crippen molar-refractivity contribution < 1.29 is 4.42 Å². The predicted octanol–water partition coefficient (Wildman–Crippen LogP) is 3.58. The largest absolute Gasteiger partial charge is 0.421 e. The molecule has 2 heterocycles. The zero-order valence-corrected chi connectivity index (χ0v) is 14.7. The van der Waals surface area contributed by atoms with Crippen molar-refractivity contribution in [2.24, 2.45) is 0 Å². The molecule has 2 aromatic heterocycles. The highest BCUT2D eigenvalue weighted by molar-refractivity contribution is 6.33. The van der Waals surface area contributed by atoms with Gasteiger partial charge in [-0.2, -0.15) is 0 Å². The molecule has 0 bridgehead atoms. The Kier molecular flexibility index (Phi) is 3.81. The van der Waals surface area contributed by atoms with Gasteiger partial charge in [0.05, 0.1) is 16.9 Å². The molecule has 0 amide bonds. The molecule has 0 N–H and O–H groups in total. The lowest BCUT2D eigenvalue weighted by atomic mass is 9.93. The summed E-state index contributed by atoms with van der Waals surface area (Å²) in [4.78, 5) is 23.2. The van der Waals surface area contributed by atoms with Gasteiger partial charge in [-0.3, -0.25) is 0 Å². The van der Waals surface area contributed by atoms with Crippen LogP contribution < -0.4 is 10.5 Å². The summed E-state index contributed by atoms with van der Waals surface area (Å²) in [6, 6.07) is 9.82. The van der Waals surface area contributed by atoms with Gasteiger partial charge in [-0.05, 0) is 12.8 Å². The smallest absolute Gasteiger partial charge is 0.357 e. The van der Waals surface area contributed by atoms with Crippen molar-refractivity contribution >= 4 is 17.3 Å². The third-order valence-corrected chi connectivity index (χ3v) is 4.68. The van der Waals surface area contributed by atoms with Crippen LogP contribution in [0.5, 0.6) is 0 Å². The second-order valence-electron chi connectivity index (χ2n) is 6.17. The van der Waals surface area contributed by atoms with Gasteiger partial charge in [-0.25, -0.2) is 14.8 Å². The van der Waals surface area contributed by atoms with Crippen LogP contribution in [-0.2, 0) is 12.8 Å². The van der Waals surface area contributed by atoms with Crippen molar-refractivity contribution in [3.05, 3.63) is 63.2 Å². The number of aromatic nitrogens is 2. The van der Waals surface area contributed by atoms with E-state index in [0.29, 0.717) is 23.7 Å². The standard InChI is InChI=1S/C19H16ClN3O2/c1-23(2)16-12-8-9-14-13(17(12)25-19(24)15(16)20)10-21-18(22-14)11-6-4-3-5-7-11/h3-7,10H,8-9H2,1-2H3. The number of anilines is 1. The summed E-state index contributed by atoms with van der Waals surface area (Å²) < 4.78 is 5.50. The zero-order chi connectivity index (χ0) is 17.6. The average Bonchev–Trinajstić information content (AvgIpc) is 2.62. The number of hydrogen-bond donors (Lipinski definition) is 0. The minimum atomic E-state index is -0.538. The normalized spacial score (nSPS) is 12.4. The van der Waals surface area contributed by atoms with Gasteiger partial charge in [0.15, 0.2) is 5.82 Å². The van der Waals surface area contributed by atoms with Gasteiger partial charge in [-0.1, -0.05) is 41.9 Å². The second kappa shape index (κ2) is 6.01. The summed E-state index contributed by atoms with van der Waals surface area (Å²) in [5, 5.41) is 0.119. The van der Waals surface area contributed by atoms with E-state index >= 15 is 0 Å². The number of aryl methyl sites for hydroxylation is 1. The molecule has 0 radical (unpaired) electrons. The fourth-order valence-corrected chi connectivity index (χ4v) is 3.54. The summed E-state index contributed by atoms with van der Waals surface area (Å²) in [7, 11) is 3.73. The molecule has 0 atom stereocenters. The summed E-state index contributed by atoms with van der Waals surface area (Å²) in [5.74, 6) is 1.20. The summed E-state index contributed by atoms with van der Waals surface area (Å²) in [6.07, 6.45) is 3.19. The Labute approximate surface area is 149 Å². The Morgan fingerprint density at radius 3 is 2.64 bits per heavy atom. The van der Waals surface area contributed by atoms with Gasteiger partial charge in [0, 0.05) is 31.4 Å². The van der Waals surface area contributed by atoms with Gasteiger partial charge < -0.3 is 9.32 Å². The predicted molar refractivity (Wildman–Crippen MR) is 98.2 cm³/mol. The first-order chi connectivity index (χ1) is 12.1. The molecule has 0 aliphatic heterocycles. The van der Waals surface area contributed by atoms with Crippen LogP contribution in [0.15, 0.2) is 45.7 Å². The molecule has 25 heavy (non-hydrogen) atoms. The number of hydrogen-bond acceptors (Lipinski definition) is 5. The minimum absolute atomic E-state index is 0.119.